The van der Waals surface area contributed by atoms with Crippen LogP contribution in [0.1, 0.15) is 40.0 Å². The third-order valence-corrected chi connectivity index (χ3v) is 2.92. The van der Waals surface area contributed by atoms with E-state index in [9.17, 15) is 9.59 Å². The van der Waals surface area contributed by atoms with Crippen LogP contribution >= 0.6 is 0 Å². The average molecular weight is 272 g/mol. The zero-order valence-corrected chi connectivity index (χ0v) is 12.9. The fraction of sp³-hybridized carbons (Fsp3) is 0.857. The Morgan fingerprint density at radius 1 is 1.05 bits per heavy atom. The lowest BCUT2D eigenvalue weighted by Crippen LogP contribution is -2.39. The quantitative estimate of drug-likeness (QED) is 0.693. The highest BCUT2D eigenvalue weighted by Gasteiger charge is 2.27. The summed E-state index contributed by atoms with van der Waals surface area (Å²) in [4.78, 5) is 26.9. The molecule has 19 heavy (non-hydrogen) atoms. The molecule has 0 unspecified atom stereocenters. The molecule has 0 aliphatic rings. The second kappa shape index (κ2) is 8.15. The van der Waals surface area contributed by atoms with Gasteiger partial charge >= 0.3 is 5.97 Å². The molecule has 0 atom stereocenters. The fourth-order valence-electron chi connectivity index (χ4n) is 1.94. The molecule has 0 bridgehead atoms. The van der Waals surface area contributed by atoms with Gasteiger partial charge in [-0.15, -0.1) is 0 Å². The molecule has 0 rings (SSSR count). The van der Waals surface area contributed by atoms with Gasteiger partial charge < -0.3 is 14.9 Å². The van der Waals surface area contributed by atoms with Gasteiger partial charge in [0.25, 0.3) is 0 Å². The van der Waals surface area contributed by atoms with Gasteiger partial charge in [0, 0.05) is 26.1 Å². The monoisotopic (exact) mass is 272 g/mol. The van der Waals surface area contributed by atoms with Crippen LogP contribution in [-0.2, 0) is 9.59 Å². The van der Waals surface area contributed by atoms with E-state index in [-0.39, 0.29) is 18.7 Å². The Hall–Kier alpha value is -1.10. The van der Waals surface area contributed by atoms with Crippen LogP contribution in [0.2, 0.25) is 0 Å². The summed E-state index contributed by atoms with van der Waals surface area (Å²) in [5.74, 6) is -0.803. The predicted octanol–water partition coefficient (Wildman–Crippen LogP) is 1.68. The van der Waals surface area contributed by atoms with Crippen molar-refractivity contribution in [2.24, 2.45) is 5.41 Å². The molecule has 0 aromatic rings. The zero-order chi connectivity index (χ0) is 15.1. The lowest BCUT2D eigenvalue weighted by molar-refractivity contribution is -0.140. The second-order valence-corrected chi connectivity index (χ2v) is 6.10. The van der Waals surface area contributed by atoms with Gasteiger partial charge in [-0.25, -0.2) is 0 Å². The molecule has 1 amide bonds. The average Bonchev–Trinajstić information content (AvgIpc) is 2.20. The maximum absolute atomic E-state index is 12.3. The highest BCUT2D eigenvalue weighted by molar-refractivity contribution is 5.78. The summed E-state index contributed by atoms with van der Waals surface area (Å²) in [7, 11) is 3.95. The first kappa shape index (κ1) is 17.9. The number of nitrogens with zero attached hydrogens (tertiary/aromatic N) is 2. The van der Waals surface area contributed by atoms with Crippen molar-refractivity contribution in [1.82, 2.24) is 9.80 Å². The molecule has 0 aromatic carbocycles. The standard InChI is InChI=1S/C14H28N2O3/c1-6-7-16(9-8-15(4)5)12(17)10-14(2,3)11-13(18)19/h6-11H2,1-5H3,(H,18,19). The van der Waals surface area contributed by atoms with Gasteiger partial charge in [-0.1, -0.05) is 20.8 Å². The SMILES string of the molecule is CCCN(CCN(C)C)C(=O)CC(C)(C)CC(=O)O. The Labute approximate surface area is 116 Å². The lowest BCUT2D eigenvalue weighted by atomic mass is 9.85. The van der Waals surface area contributed by atoms with Crippen molar-refractivity contribution in [3.8, 4) is 0 Å². The summed E-state index contributed by atoms with van der Waals surface area (Å²) in [6.45, 7) is 7.95. The van der Waals surface area contributed by atoms with E-state index in [1.54, 1.807) is 0 Å². The van der Waals surface area contributed by atoms with Gasteiger partial charge in [-0.2, -0.15) is 0 Å². The summed E-state index contributed by atoms with van der Waals surface area (Å²) in [6, 6.07) is 0. The number of hydrogen-bond donors (Lipinski definition) is 1. The van der Waals surface area contributed by atoms with Crippen LogP contribution in [0.15, 0.2) is 0 Å². The molecular formula is C14H28N2O3. The van der Waals surface area contributed by atoms with E-state index in [4.69, 9.17) is 5.11 Å². The number of likely N-dealkylation sites (N-methyl/N-ethyl adjacent to an activating group) is 1. The normalized spacial score (nSPS) is 11.7. The minimum Gasteiger partial charge on any atom is -0.481 e. The van der Waals surface area contributed by atoms with E-state index in [1.807, 2.05) is 44.7 Å². The molecule has 0 fully saturated rings. The molecule has 1 N–H and O–H groups in total. The Bertz CT molecular complexity index is 301. The number of carbonyl (C=O) groups is 2. The Kier molecular flexibility index (Phi) is 7.68. The van der Waals surface area contributed by atoms with Crippen LogP contribution in [0.5, 0.6) is 0 Å². The van der Waals surface area contributed by atoms with Crippen molar-refractivity contribution in [3.63, 3.8) is 0 Å². The van der Waals surface area contributed by atoms with Gasteiger partial charge in [0.05, 0.1) is 6.42 Å². The smallest absolute Gasteiger partial charge is 0.303 e. The number of amides is 1. The number of carbonyl (C=O) groups excluding carboxylic acids is 1. The number of carboxylic acids is 1. The predicted molar refractivity (Wildman–Crippen MR) is 76.1 cm³/mol. The third-order valence-electron chi connectivity index (χ3n) is 2.92. The minimum absolute atomic E-state index is 0.0202. The summed E-state index contributed by atoms with van der Waals surface area (Å²) in [6.07, 6.45) is 1.22. The van der Waals surface area contributed by atoms with Gasteiger partial charge in [0.1, 0.15) is 0 Å². The fourth-order valence-corrected chi connectivity index (χ4v) is 1.94. The van der Waals surface area contributed by atoms with Crippen LogP contribution in [0.25, 0.3) is 0 Å². The molecule has 0 heterocycles. The maximum atomic E-state index is 12.3. The topological polar surface area (TPSA) is 60.9 Å². The van der Waals surface area contributed by atoms with E-state index < -0.39 is 11.4 Å². The molecule has 0 aliphatic heterocycles. The lowest BCUT2D eigenvalue weighted by Gasteiger charge is -2.28. The molecule has 0 saturated heterocycles. The van der Waals surface area contributed by atoms with Crippen LogP contribution in [-0.4, -0.2) is 60.5 Å². The summed E-state index contributed by atoms with van der Waals surface area (Å²) >= 11 is 0. The van der Waals surface area contributed by atoms with E-state index in [1.165, 1.54) is 0 Å². The molecule has 0 saturated carbocycles. The van der Waals surface area contributed by atoms with E-state index in [0.717, 1.165) is 19.5 Å². The highest BCUT2D eigenvalue weighted by Crippen LogP contribution is 2.26. The van der Waals surface area contributed by atoms with Crippen LogP contribution in [0.4, 0.5) is 0 Å². The van der Waals surface area contributed by atoms with Gasteiger partial charge in [-0.3, -0.25) is 9.59 Å². The highest BCUT2D eigenvalue weighted by atomic mass is 16.4. The number of carboxylic acid groups (broad SMARTS) is 1. The van der Waals surface area contributed by atoms with Crippen molar-refractivity contribution >= 4 is 11.9 Å². The molecule has 0 spiro atoms. The largest absolute Gasteiger partial charge is 0.481 e. The van der Waals surface area contributed by atoms with Crippen molar-refractivity contribution in [1.29, 1.82) is 0 Å². The van der Waals surface area contributed by atoms with Crippen LogP contribution < -0.4 is 0 Å². The van der Waals surface area contributed by atoms with Crippen molar-refractivity contribution < 1.29 is 14.7 Å². The molecule has 5 heteroatoms. The van der Waals surface area contributed by atoms with E-state index in [2.05, 4.69) is 0 Å². The minimum atomic E-state index is -0.854. The third kappa shape index (κ3) is 8.59. The first-order chi connectivity index (χ1) is 8.68. The summed E-state index contributed by atoms with van der Waals surface area (Å²) in [5.41, 5.74) is -0.493. The summed E-state index contributed by atoms with van der Waals surface area (Å²) in [5, 5.41) is 8.85. The number of rotatable bonds is 9. The van der Waals surface area contributed by atoms with E-state index >= 15 is 0 Å². The molecular weight excluding hydrogens is 244 g/mol. The van der Waals surface area contributed by atoms with Crippen LogP contribution in [0.3, 0.4) is 0 Å². The van der Waals surface area contributed by atoms with Gasteiger partial charge in [-0.05, 0) is 25.9 Å². The second-order valence-electron chi connectivity index (χ2n) is 6.10. The van der Waals surface area contributed by atoms with Crippen molar-refractivity contribution in [3.05, 3.63) is 0 Å². The molecule has 0 aliphatic carbocycles. The first-order valence-electron chi connectivity index (χ1n) is 6.82. The Balaban J connectivity index is 4.49. The molecule has 5 nitrogen and oxygen atoms in total. The molecule has 112 valence electrons. The van der Waals surface area contributed by atoms with Crippen LogP contribution in [0, 0.1) is 5.41 Å². The number of hydrogen-bond acceptors (Lipinski definition) is 3. The van der Waals surface area contributed by atoms with Crippen molar-refractivity contribution in [2.45, 2.75) is 40.0 Å². The maximum Gasteiger partial charge on any atom is 0.303 e. The van der Waals surface area contributed by atoms with Crippen molar-refractivity contribution in [2.75, 3.05) is 33.7 Å². The van der Waals surface area contributed by atoms with E-state index in [0.29, 0.717) is 6.54 Å². The summed E-state index contributed by atoms with van der Waals surface area (Å²) < 4.78 is 0. The van der Waals surface area contributed by atoms with Gasteiger partial charge in [0.15, 0.2) is 0 Å². The Morgan fingerprint density at radius 3 is 2.05 bits per heavy atom. The Morgan fingerprint density at radius 2 is 1.63 bits per heavy atom. The first-order valence-corrected chi connectivity index (χ1v) is 6.82. The van der Waals surface area contributed by atoms with Gasteiger partial charge in [0.2, 0.25) is 5.91 Å². The zero-order valence-electron chi connectivity index (χ0n) is 12.9. The molecule has 0 radical (unpaired) electrons. The molecule has 0 aromatic heterocycles. The number of aliphatic carboxylic acids is 1.